The largest absolute Gasteiger partial charge is 0.461 e. The molecule has 2 rings (SSSR count). The molecule has 1 aromatic carbocycles. The van der Waals surface area contributed by atoms with Crippen LogP contribution in [0.2, 0.25) is 0 Å². The topological polar surface area (TPSA) is 42.2 Å². The molecule has 0 saturated carbocycles. The van der Waals surface area contributed by atoms with E-state index in [2.05, 4.69) is 17.5 Å². The van der Waals surface area contributed by atoms with Gasteiger partial charge in [0.05, 0.1) is 0 Å². The van der Waals surface area contributed by atoms with Crippen molar-refractivity contribution < 1.29 is 9.21 Å². The molecule has 1 heterocycles. The number of rotatable bonds is 6. The minimum absolute atomic E-state index is 0.0734. The van der Waals surface area contributed by atoms with Gasteiger partial charge in [0.15, 0.2) is 0 Å². The van der Waals surface area contributed by atoms with Crippen molar-refractivity contribution in [3.63, 3.8) is 0 Å². The molecule has 4 heteroatoms. The molecular weight excluding hydrogens is 258 g/mol. The molecule has 19 heavy (non-hydrogen) atoms. The molecule has 102 valence electrons. The Hall–Kier alpha value is -1.26. The quantitative estimate of drug-likeness (QED) is 0.797. The molecule has 0 unspecified atom stereocenters. The van der Waals surface area contributed by atoms with E-state index in [4.69, 9.17) is 4.42 Å². The van der Waals surface area contributed by atoms with Gasteiger partial charge < -0.3 is 4.42 Å². The summed E-state index contributed by atoms with van der Waals surface area (Å²) >= 11 is 3.96. The first-order valence-electron chi connectivity index (χ1n) is 6.51. The first-order valence-corrected chi connectivity index (χ1v) is 6.96. The monoisotopic (exact) mass is 277 g/mol. The molecule has 0 bridgehead atoms. The lowest BCUT2D eigenvalue weighted by Crippen LogP contribution is -2.09. The van der Waals surface area contributed by atoms with Gasteiger partial charge in [0, 0.05) is 30.7 Å². The third kappa shape index (κ3) is 3.61. The summed E-state index contributed by atoms with van der Waals surface area (Å²) in [5, 5.41) is 1.08. The molecule has 0 fully saturated rings. The van der Waals surface area contributed by atoms with E-state index in [0.29, 0.717) is 6.42 Å². The zero-order valence-electron chi connectivity index (χ0n) is 11.3. The van der Waals surface area contributed by atoms with Crippen molar-refractivity contribution >= 4 is 29.6 Å². The Balaban J connectivity index is 2.18. The first kappa shape index (κ1) is 14.2. The number of benzene rings is 1. The van der Waals surface area contributed by atoms with Crippen molar-refractivity contribution in [3.8, 4) is 0 Å². The summed E-state index contributed by atoms with van der Waals surface area (Å²) < 4.78 is 8.57. The standard InChI is InChI=1S/C15H19NO2S/c1-10(2)14(17)7-11-3-4-12-9-13(5-6-16-19)18-15(12)8-11/h3-4,8-10,16,19H,5-7H2,1-2H3. The van der Waals surface area contributed by atoms with Crippen LogP contribution in [-0.4, -0.2) is 12.3 Å². The van der Waals surface area contributed by atoms with Gasteiger partial charge in [0.25, 0.3) is 0 Å². The molecule has 0 spiro atoms. The lowest BCUT2D eigenvalue weighted by atomic mass is 10.0. The number of nitrogens with one attached hydrogen (secondary N) is 1. The molecule has 1 aromatic heterocycles. The Labute approximate surface area is 118 Å². The van der Waals surface area contributed by atoms with Gasteiger partial charge in [-0.2, -0.15) is 0 Å². The van der Waals surface area contributed by atoms with Crippen LogP contribution in [0.4, 0.5) is 0 Å². The SMILES string of the molecule is CC(C)C(=O)Cc1ccc2cc(CCNS)oc2c1. The summed E-state index contributed by atoms with van der Waals surface area (Å²) in [7, 11) is 0. The second kappa shape index (κ2) is 6.26. The predicted molar refractivity (Wildman–Crippen MR) is 80.5 cm³/mol. The second-order valence-corrected chi connectivity index (χ2v) is 5.36. The van der Waals surface area contributed by atoms with E-state index in [0.717, 1.165) is 35.3 Å². The molecule has 0 radical (unpaired) electrons. The van der Waals surface area contributed by atoms with Gasteiger partial charge in [0.1, 0.15) is 17.1 Å². The first-order chi connectivity index (χ1) is 9.10. The average Bonchev–Trinajstić information content (AvgIpc) is 2.78. The number of fused-ring (bicyclic) bond motifs is 1. The van der Waals surface area contributed by atoms with Crippen LogP contribution in [0.25, 0.3) is 11.0 Å². The van der Waals surface area contributed by atoms with Crippen LogP contribution in [0, 0.1) is 5.92 Å². The van der Waals surface area contributed by atoms with Crippen LogP contribution < -0.4 is 4.72 Å². The van der Waals surface area contributed by atoms with Crippen LogP contribution in [0.5, 0.6) is 0 Å². The van der Waals surface area contributed by atoms with E-state index in [1.807, 2.05) is 38.1 Å². The van der Waals surface area contributed by atoms with Crippen LogP contribution in [0.15, 0.2) is 28.7 Å². The van der Waals surface area contributed by atoms with E-state index >= 15 is 0 Å². The fourth-order valence-electron chi connectivity index (χ4n) is 1.95. The Morgan fingerprint density at radius 2 is 2.16 bits per heavy atom. The molecule has 2 aromatic rings. The van der Waals surface area contributed by atoms with E-state index < -0.39 is 0 Å². The van der Waals surface area contributed by atoms with Gasteiger partial charge >= 0.3 is 0 Å². The predicted octanol–water partition coefficient (Wildman–Crippen LogP) is 3.18. The van der Waals surface area contributed by atoms with Crippen molar-refractivity contribution in [1.29, 1.82) is 0 Å². The maximum atomic E-state index is 11.7. The Bertz CT molecular complexity index is 575. The maximum Gasteiger partial charge on any atom is 0.139 e. The molecule has 3 nitrogen and oxygen atoms in total. The van der Waals surface area contributed by atoms with Gasteiger partial charge in [-0.15, -0.1) is 0 Å². The van der Waals surface area contributed by atoms with Crippen molar-refractivity contribution in [1.82, 2.24) is 4.72 Å². The smallest absolute Gasteiger partial charge is 0.139 e. The summed E-state index contributed by atoms with van der Waals surface area (Å²) in [6.45, 7) is 4.62. The normalized spacial score (nSPS) is 11.4. The minimum atomic E-state index is 0.0734. The van der Waals surface area contributed by atoms with Gasteiger partial charge in [-0.25, -0.2) is 0 Å². The van der Waals surface area contributed by atoms with Crippen LogP contribution in [0.3, 0.4) is 0 Å². The maximum absolute atomic E-state index is 11.7. The summed E-state index contributed by atoms with van der Waals surface area (Å²) in [4.78, 5) is 11.7. The molecule has 0 aliphatic carbocycles. The lowest BCUT2D eigenvalue weighted by molar-refractivity contribution is -0.121. The Morgan fingerprint density at radius 1 is 1.37 bits per heavy atom. The van der Waals surface area contributed by atoms with E-state index in [1.165, 1.54) is 0 Å². The number of carbonyl (C=O) groups is 1. The summed E-state index contributed by atoms with van der Waals surface area (Å²) in [5.41, 5.74) is 1.86. The van der Waals surface area contributed by atoms with Crippen LogP contribution in [0.1, 0.15) is 25.2 Å². The zero-order chi connectivity index (χ0) is 13.8. The number of carbonyl (C=O) groups excluding carboxylic acids is 1. The number of Topliss-reactive ketones (excluding diaryl/α,β-unsaturated/α-hetero) is 1. The molecule has 0 aliphatic rings. The zero-order valence-corrected chi connectivity index (χ0v) is 12.2. The van der Waals surface area contributed by atoms with E-state index in [9.17, 15) is 4.79 Å². The highest BCUT2D eigenvalue weighted by Gasteiger charge is 2.10. The third-order valence-electron chi connectivity index (χ3n) is 3.14. The van der Waals surface area contributed by atoms with Gasteiger partial charge in [-0.3, -0.25) is 9.52 Å². The summed E-state index contributed by atoms with van der Waals surface area (Å²) in [6.07, 6.45) is 1.28. The highest BCUT2D eigenvalue weighted by atomic mass is 32.1. The van der Waals surface area contributed by atoms with Crippen molar-refractivity contribution in [2.75, 3.05) is 6.54 Å². The lowest BCUT2D eigenvalue weighted by Gasteiger charge is -2.03. The van der Waals surface area contributed by atoms with E-state index in [-0.39, 0.29) is 11.7 Å². The molecular formula is C15H19NO2S. The van der Waals surface area contributed by atoms with Crippen LogP contribution >= 0.6 is 12.8 Å². The fourth-order valence-corrected chi connectivity index (χ4v) is 2.06. The highest BCUT2D eigenvalue weighted by Crippen LogP contribution is 2.21. The Kier molecular flexibility index (Phi) is 4.66. The summed E-state index contributed by atoms with van der Waals surface area (Å²) in [6, 6.07) is 8.01. The molecule has 1 N–H and O–H groups in total. The number of thiol groups is 1. The van der Waals surface area contributed by atoms with Crippen LogP contribution in [-0.2, 0) is 17.6 Å². The summed E-state index contributed by atoms with van der Waals surface area (Å²) in [5.74, 6) is 1.26. The van der Waals surface area contributed by atoms with Crippen molar-refractivity contribution in [2.45, 2.75) is 26.7 Å². The Morgan fingerprint density at radius 3 is 2.84 bits per heavy atom. The van der Waals surface area contributed by atoms with Gasteiger partial charge in [-0.1, -0.05) is 38.8 Å². The van der Waals surface area contributed by atoms with E-state index in [1.54, 1.807) is 0 Å². The second-order valence-electron chi connectivity index (χ2n) is 5.04. The number of furan rings is 1. The van der Waals surface area contributed by atoms with Gasteiger partial charge in [0.2, 0.25) is 0 Å². The fraction of sp³-hybridized carbons (Fsp3) is 0.400. The molecule has 0 aliphatic heterocycles. The number of hydrogen-bond donors (Lipinski definition) is 2. The van der Waals surface area contributed by atoms with Gasteiger partial charge in [-0.05, 0) is 17.7 Å². The minimum Gasteiger partial charge on any atom is -0.461 e. The number of hydrogen-bond acceptors (Lipinski definition) is 4. The average molecular weight is 277 g/mol. The molecule has 0 atom stereocenters. The molecule has 0 amide bonds. The molecule has 0 saturated heterocycles. The van der Waals surface area contributed by atoms with Crippen molar-refractivity contribution in [2.24, 2.45) is 5.92 Å². The number of ketones is 1. The third-order valence-corrected chi connectivity index (χ3v) is 3.36. The highest BCUT2D eigenvalue weighted by molar-refractivity contribution is 7.78. The van der Waals surface area contributed by atoms with Crippen molar-refractivity contribution in [3.05, 3.63) is 35.6 Å².